The minimum Gasteiger partial charge on any atom is -0.481 e. The molecule has 1 saturated heterocycles. The maximum atomic E-state index is 12.4. The Morgan fingerprint density at radius 1 is 1.00 bits per heavy atom. The van der Waals surface area contributed by atoms with Gasteiger partial charge in [0.05, 0.1) is 34.7 Å². The summed E-state index contributed by atoms with van der Waals surface area (Å²) >= 11 is 14.1. The van der Waals surface area contributed by atoms with Crippen molar-refractivity contribution in [3.8, 4) is 39.5 Å². The number of carbonyl (C=O) groups excluding carboxylic acids is 2. The molecule has 1 aliphatic rings. The van der Waals surface area contributed by atoms with Gasteiger partial charge in [-0.15, -0.1) is 0 Å². The summed E-state index contributed by atoms with van der Waals surface area (Å²) in [6.45, 7) is 1.90. The Bertz CT molecular complexity index is 1930. The smallest absolute Gasteiger partial charge is 0.271 e. The molecule has 3 aromatic heterocycles. The number of imidazole rings is 1. The number of hydrogen-bond donors (Lipinski definition) is 4. The number of nitrogens with one attached hydrogen (secondary N) is 3. The Morgan fingerprint density at radius 3 is 2.37 bits per heavy atom. The van der Waals surface area contributed by atoms with Gasteiger partial charge in [-0.1, -0.05) is 65.7 Å². The van der Waals surface area contributed by atoms with Crippen LogP contribution in [0.3, 0.4) is 0 Å². The summed E-state index contributed by atoms with van der Waals surface area (Å²) in [4.78, 5) is 33.0. The molecule has 0 radical (unpaired) electrons. The van der Waals surface area contributed by atoms with Gasteiger partial charge in [0, 0.05) is 66.5 Å². The molecule has 0 bridgehead atoms. The molecule has 0 spiro atoms. The highest BCUT2D eigenvalue weighted by molar-refractivity contribution is 6.39. The van der Waals surface area contributed by atoms with Crippen LogP contribution in [0.4, 0.5) is 0 Å². The number of carbonyl (C=O) groups is 2. The number of halogens is 2. The molecule has 1 fully saturated rings. The summed E-state index contributed by atoms with van der Waals surface area (Å²) in [5.41, 5.74) is 11.3. The molecular weight excluding hydrogens is 627 g/mol. The van der Waals surface area contributed by atoms with Crippen molar-refractivity contribution >= 4 is 40.7 Å². The fourth-order valence-corrected chi connectivity index (χ4v) is 6.08. The average Bonchev–Trinajstić information content (AvgIpc) is 3.69. The zero-order valence-electron chi connectivity index (χ0n) is 25.0. The summed E-state index contributed by atoms with van der Waals surface area (Å²) in [5.74, 6) is 0.263. The second-order valence-electron chi connectivity index (χ2n) is 10.8. The number of hydrogen-bond acceptors (Lipinski definition) is 8. The largest absolute Gasteiger partial charge is 0.481 e. The number of rotatable bonds is 11. The lowest BCUT2D eigenvalue weighted by Gasteiger charge is -2.15. The summed E-state index contributed by atoms with van der Waals surface area (Å²) in [6, 6.07) is 19.0. The molecule has 46 heavy (non-hydrogen) atoms. The second kappa shape index (κ2) is 13.8. The molecule has 5 N–H and O–H groups in total. The number of ether oxygens (including phenoxy) is 1. The first-order valence-electron chi connectivity index (χ1n) is 14.8. The maximum Gasteiger partial charge on any atom is 0.271 e. The van der Waals surface area contributed by atoms with Crippen LogP contribution in [0.25, 0.3) is 39.3 Å². The molecule has 6 rings (SSSR count). The van der Waals surface area contributed by atoms with E-state index >= 15 is 0 Å². The Hall–Kier alpha value is -4.55. The van der Waals surface area contributed by atoms with Gasteiger partial charge in [0.1, 0.15) is 5.69 Å². The van der Waals surface area contributed by atoms with Gasteiger partial charge in [-0.05, 0) is 24.6 Å². The molecule has 2 aromatic carbocycles. The van der Waals surface area contributed by atoms with Crippen LogP contribution >= 0.6 is 23.2 Å². The lowest BCUT2D eigenvalue weighted by molar-refractivity contribution is -0.119. The van der Waals surface area contributed by atoms with Crippen molar-refractivity contribution in [2.75, 3.05) is 26.7 Å². The predicted octanol–water partition coefficient (Wildman–Crippen LogP) is 4.50. The summed E-state index contributed by atoms with van der Waals surface area (Å²) in [5, 5.41) is 14.7. The standard InChI is InChI=1S/C33H32Cl2N8O3/c1-46-33-19(16-37-17-20-9-13-29(44)39-20)8-10-25(41-33)23-6-2-4-21(30(23)34)22-5-3-7-24(31(22)35)26-11-12-28-40-27(18-43(28)42-26)32(45)38-15-14-36/h2-8,10-12,18,20,37H,9,13-17,36H2,1H3,(H,38,45)(H,39,44)/t20-/m0/s1. The zero-order chi connectivity index (χ0) is 32.2. The van der Waals surface area contributed by atoms with Crippen LogP contribution in [0.15, 0.2) is 66.9 Å². The fourth-order valence-electron chi connectivity index (χ4n) is 5.43. The van der Waals surface area contributed by atoms with Gasteiger partial charge in [-0.25, -0.2) is 14.5 Å². The Morgan fingerprint density at radius 2 is 1.70 bits per heavy atom. The van der Waals surface area contributed by atoms with Crippen molar-refractivity contribution < 1.29 is 14.3 Å². The minimum atomic E-state index is -0.318. The van der Waals surface area contributed by atoms with Crippen LogP contribution in [0.1, 0.15) is 28.9 Å². The molecule has 0 saturated carbocycles. The summed E-state index contributed by atoms with van der Waals surface area (Å²) in [7, 11) is 1.59. The van der Waals surface area contributed by atoms with E-state index in [2.05, 4.69) is 26.0 Å². The lowest BCUT2D eigenvalue weighted by Crippen LogP contribution is -2.35. The molecule has 0 aliphatic carbocycles. The normalized spacial score (nSPS) is 14.4. The van der Waals surface area contributed by atoms with Gasteiger partial charge in [0.15, 0.2) is 5.65 Å². The predicted molar refractivity (Wildman–Crippen MR) is 178 cm³/mol. The minimum absolute atomic E-state index is 0.0928. The van der Waals surface area contributed by atoms with Crippen molar-refractivity contribution in [1.29, 1.82) is 0 Å². The molecule has 1 aliphatic heterocycles. The van der Waals surface area contributed by atoms with E-state index in [0.717, 1.165) is 28.7 Å². The number of amides is 2. The van der Waals surface area contributed by atoms with E-state index in [9.17, 15) is 9.59 Å². The van der Waals surface area contributed by atoms with Crippen molar-refractivity contribution in [1.82, 2.24) is 35.5 Å². The molecule has 13 heteroatoms. The van der Waals surface area contributed by atoms with Gasteiger partial charge in [-0.2, -0.15) is 5.10 Å². The highest BCUT2D eigenvalue weighted by atomic mass is 35.5. The first kappa shape index (κ1) is 31.4. The number of nitrogens with two attached hydrogens (primary N) is 1. The molecule has 0 unspecified atom stereocenters. The third kappa shape index (κ3) is 6.54. The van der Waals surface area contributed by atoms with E-state index in [4.69, 9.17) is 38.7 Å². The molecule has 236 valence electrons. The molecule has 1 atom stereocenters. The van der Waals surface area contributed by atoms with Crippen molar-refractivity contribution in [3.63, 3.8) is 0 Å². The number of pyridine rings is 1. The van der Waals surface area contributed by atoms with E-state index in [-0.39, 0.29) is 23.6 Å². The van der Waals surface area contributed by atoms with Crippen LogP contribution < -0.4 is 26.4 Å². The third-order valence-electron chi connectivity index (χ3n) is 7.75. The molecular formula is C33H32Cl2N8O3. The topological polar surface area (TPSA) is 149 Å². The van der Waals surface area contributed by atoms with Crippen LogP contribution in [-0.4, -0.2) is 64.2 Å². The number of methoxy groups -OCH3 is 1. The first-order valence-corrected chi connectivity index (χ1v) is 15.6. The number of fused-ring (bicyclic) bond motifs is 1. The molecule has 11 nitrogen and oxygen atoms in total. The van der Waals surface area contributed by atoms with E-state index in [1.165, 1.54) is 0 Å². The summed E-state index contributed by atoms with van der Waals surface area (Å²) < 4.78 is 7.17. The Labute approximate surface area is 275 Å². The average molecular weight is 660 g/mol. The Balaban J connectivity index is 1.26. The van der Waals surface area contributed by atoms with Gasteiger partial charge in [0.25, 0.3) is 5.91 Å². The summed E-state index contributed by atoms with van der Waals surface area (Å²) in [6.07, 6.45) is 2.97. The van der Waals surface area contributed by atoms with E-state index in [0.29, 0.717) is 71.1 Å². The number of benzene rings is 2. The Kier molecular flexibility index (Phi) is 9.46. The van der Waals surface area contributed by atoms with Crippen LogP contribution in [-0.2, 0) is 11.3 Å². The fraction of sp³-hybridized carbons (Fsp3) is 0.242. The number of aromatic nitrogens is 4. The quantitative estimate of drug-likeness (QED) is 0.162. The zero-order valence-corrected chi connectivity index (χ0v) is 26.5. The van der Waals surface area contributed by atoms with Gasteiger partial charge >= 0.3 is 0 Å². The third-order valence-corrected chi connectivity index (χ3v) is 8.56. The van der Waals surface area contributed by atoms with Gasteiger partial charge in [-0.3, -0.25) is 9.59 Å². The second-order valence-corrected chi connectivity index (χ2v) is 11.6. The van der Waals surface area contributed by atoms with Crippen molar-refractivity contribution in [3.05, 3.63) is 88.2 Å². The lowest BCUT2D eigenvalue weighted by atomic mass is 9.98. The molecule has 4 heterocycles. The number of nitrogens with zero attached hydrogens (tertiary/aromatic N) is 4. The highest BCUT2D eigenvalue weighted by Gasteiger charge is 2.21. The van der Waals surface area contributed by atoms with Crippen LogP contribution in [0.5, 0.6) is 5.88 Å². The van der Waals surface area contributed by atoms with E-state index in [1.54, 1.807) is 23.9 Å². The van der Waals surface area contributed by atoms with Crippen LogP contribution in [0.2, 0.25) is 10.0 Å². The molecule has 2 amide bonds. The maximum absolute atomic E-state index is 12.4. The SMILES string of the molecule is COc1nc(-c2cccc(-c3cccc(-c4ccc5nc(C(=O)NCCN)cn5n4)c3Cl)c2Cl)ccc1CNC[C@@H]1CCC(=O)N1. The highest BCUT2D eigenvalue weighted by Crippen LogP contribution is 2.42. The monoisotopic (exact) mass is 658 g/mol. The molecule has 5 aromatic rings. The first-order chi connectivity index (χ1) is 22.4. The van der Waals surface area contributed by atoms with Crippen molar-refractivity contribution in [2.24, 2.45) is 5.73 Å². The van der Waals surface area contributed by atoms with Gasteiger partial charge < -0.3 is 26.4 Å². The van der Waals surface area contributed by atoms with Crippen LogP contribution in [0, 0.1) is 0 Å². The van der Waals surface area contributed by atoms with E-state index in [1.807, 2.05) is 54.6 Å². The van der Waals surface area contributed by atoms with E-state index < -0.39 is 0 Å². The van der Waals surface area contributed by atoms with Gasteiger partial charge in [0.2, 0.25) is 11.8 Å². The van der Waals surface area contributed by atoms with Crippen molar-refractivity contribution in [2.45, 2.75) is 25.4 Å².